The van der Waals surface area contributed by atoms with Crippen molar-refractivity contribution in [2.24, 2.45) is 5.92 Å². The van der Waals surface area contributed by atoms with E-state index in [1.165, 1.54) is 0 Å². The number of hydrogen-bond acceptors (Lipinski definition) is 3. The lowest BCUT2D eigenvalue weighted by atomic mass is 9.94. The molecule has 2 heterocycles. The molecule has 1 aromatic heterocycles. The number of nitrogens with zero attached hydrogens (tertiary/aromatic N) is 2. The van der Waals surface area contributed by atoms with Crippen molar-refractivity contribution >= 4 is 16.9 Å². The zero-order chi connectivity index (χ0) is 13.9. The molecule has 0 bridgehead atoms. The number of H-pyrrole nitrogens is 1. The third kappa shape index (κ3) is 2.54. The molecule has 1 aliphatic heterocycles. The number of piperidine rings is 1. The number of aromatic nitrogens is 2. The summed E-state index contributed by atoms with van der Waals surface area (Å²) in [5.74, 6) is 0.940. The lowest BCUT2D eigenvalue weighted by Gasteiger charge is -2.31. The fourth-order valence-electron chi connectivity index (χ4n) is 2.81. The largest absolute Gasteiger partial charge is 0.396 e. The number of carbonyl (C=O) groups is 1. The van der Waals surface area contributed by atoms with Gasteiger partial charge in [0.15, 0.2) is 5.82 Å². The van der Waals surface area contributed by atoms with Crippen molar-refractivity contribution in [3.8, 4) is 0 Å². The summed E-state index contributed by atoms with van der Waals surface area (Å²) in [5, 5.41) is 8.96. The van der Waals surface area contributed by atoms with Crippen LogP contribution in [-0.2, 0) is 0 Å². The lowest BCUT2D eigenvalue weighted by Crippen LogP contribution is -2.39. The Morgan fingerprint density at radius 2 is 2.10 bits per heavy atom. The van der Waals surface area contributed by atoms with Gasteiger partial charge in [-0.3, -0.25) is 4.79 Å². The first-order valence-corrected chi connectivity index (χ1v) is 7.13. The first kappa shape index (κ1) is 13.1. The maximum atomic E-state index is 12.4. The van der Waals surface area contributed by atoms with Crippen molar-refractivity contribution in [3.05, 3.63) is 30.1 Å². The van der Waals surface area contributed by atoms with Crippen LogP contribution in [0.5, 0.6) is 0 Å². The molecule has 1 aromatic carbocycles. The van der Waals surface area contributed by atoms with Crippen LogP contribution in [-0.4, -0.2) is 45.6 Å². The minimum atomic E-state index is -0.0244. The number of aliphatic hydroxyl groups excluding tert-OH is 1. The molecule has 3 rings (SSSR count). The molecule has 1 saturated heterocycles. The van der Waals surface area contributed by atoms with Gasteiger partial charge in [-0.1, -0.05) is 12.1 Å². The van der Waals surface area contributed by atoms with Gasteiger partial charge < -0.3 is 15.0 Å². The van der Waals surface area contributed by atoms with Crippen LogP contribution in [0, 0.1) is 5.92 Å². The van der Waals surface area contributed by atoms with Crippen molar-refractivity contribution in [3.63, 3.8) is 0 Å². The Morgan fingerprint density at radius 3 is 2.80 bits per heavy atom. The summed E-state index contributed by atoms with van der Waals surface area (Å²) in [7, 11) is 0. The lowest BCUT2D eigenvalue weighted by molar-refractivity contribution is 0.0667. The number of rotatable bonds is 3. The molecule has 0 spiro atoms. The van der Waals surface area contributed by atoms with Crippen LogP contribution < -0.4 is 0 Å². The topological polar surface area (TPSA) is 69.2 Å². The molecule has 0 saturated carbocycles. The van der Waals surface area contributed by atoms with Crippen LogP contribution in [0.15, 0.2) is 24.3 Å². The molecule has 2 N–H and O–H groups in total. The molecular formula is C15H19N3O2. The second kappa shape index (κ2) is 5.63. The fourth-order valence-corrected chi connectivity index (χ4v) is 2.81. The number of benzene rings is 1. The van der Waals surface area contributed by atoms with E-state index in [2.05, 4.69) is 9.97 Å². The van der Waals surface area contributed by atoms with E-state index in [0.717, 1.165) is 43.4 Å². The average molecular weight is 273 g/mol. The third-order valence-electron chi connectivity index (χ3n) is 4.03. The first-order valence-electron chi connectivity index (χ1n) is 7.13. The number of hydrogen-bond donors (Lipinski definition) is 2. The Labute approximate surface area is 117 Å². The molecule has 0 atom stereocenters. The highest BCUT2D eigenvalue weighted by molar-refractivity contribution is 5.94. The van der Waals surface area contributed by atoms with Gasteiger partial charge in [-0.2, -0.15) is 0 Å². The smallest absolute Gasteiger partial charge is 0.289 e. The Kier molecular flexibility index (Phi) is 3.69. The van der Waals surface area contributed by atoms with E-state index in [1.807, 2.05) is 29.2 Å². The number of aromatic amines is 1. The summed E-state index contributed by atoms with van der Waals surface area (Å²) in [6, 6.07) is 7.66. The second-order valence-corrected chi connectivity index (χ2v) is 5.35. The summed E-state index contributed by atoms with van der Waals surface area (Å²) in [6.45, 7) is 1.74. The van der Waals surface area contributed by atoms with Gasteiger partial charge in [0.05, 0.1) is 11.0 Å². The third-order valence-corrected chi connectivity index (χ3v) is 4.03. The Balaban J connectivity index is 1.70. The molecule has 1 fully saturated rings. The van der Waals surface area contributed by atoms with Gasteiger partial charge in [-0.05, 0) is 37.3 Å². The summed E-state index contributed by atoms with van der Waals surface area (Å²) in [5.41, 5.74) is 1.72. The van der Waals surface area contributed by atoms with Crippen molar-refractivity contribution < 1.29 is 9.90 Å². The summed E-state index contributed by atoms with van der Waals surface area (Å²) in [4.78, 5) is 21.7. The molecule has 1 amide bonds. The molecule has 5 heteroatoms. The predicted octanol–water partition coefficient (Wildman–Crippen LogP) is 1.80. The molecule has 2 aromatic rings. The number of amides is 1. The van der Waals surface area contributed by atoms with E-state index in [1.54, 1.807) is 0 Å². The van der Waals surface area contributed by atoms with Crippen LogP contribution in [0.2, 0.25) is 0 Å². The number of carbonyl (C=O) groups excluding carboxylic acids is 1. The quantitative estimate of drug-likeness (QED) is 0.896. The number of imidazole rings is 1. The van der Waals surface area contributed by atoms with Crippen molar-refractivity contribution in [2.45, 2.75) is 19.3 Å². The van der Waals surface area contributed by atoms with E-state index in [4.69, 9.17) is 5.11 Å². The highest BCUT2D eigenvalue weighted by atomic mass is 16.3. The molecule has 0 unspecified atom stereocenters. The number of nitrogens with one attached hydrogen (secondary N) is 1. The molecule has 20 heavy (non-hydrogen) atoms. The summed E-state index contributed by atoms with van der Waals surface area (Å²) < 4.78 is 0. The van der Waals surface area contributed by atoms with Crippen LogP contribution >= 0.6 is 0 Å². The van der Waals surface area contributed by atoms with Gasteiger partial charge in [0, 0.05) is 19.7 Å². The van der Waals surface area contributed by atoms with E-state index >= 15 is 0 Å². The van der Waals surface area contributed by atoms with E-state index < -0.39 is 0 Å². The second-order valence-electron chi connectivity index (χ2n) is 5.35. The monoisotopic (exact) mass is 273 g/mol. The molecule has 106 valence electrons. The molecule has 0 aliphatic carbocycles. The Bertz CT molecular complexity index is 567. The minimum Gasteiger partial charge on any atom is -0.396 e. The average Bonchev–Trinajstić information content (AvgIpc) is 2.91. The molecular weight excluding hydrogens is 254 g/mol. The highest BCUT2D eigenvalue weighted by Crippen LogP contribution is 2.21. The number of para-hydroxylation sites is 2. The molecule has 5 nitrogen and oxygen atoms in total. The zero-order valence-electron chi connectivity index (χ0n) is 11.4. The van der Waals surface area contributed by atoms with Crippen LogP contribution in [0.3, 0.4) is 0 Å². The van der Waals surface area contributed by atoms with Gasteiger partial charge in [-0.15, -0.1) is 0 Å². The highest BCUT2D eigenvalue weighted by Gasteiger charge is 2.25. The Hall–Kier alpha value is -1.88. The van der Waals surface area contributed by atoms with Crippen LogP contribution in [0.1, 0.15) is 29.9 Å². The summed E-state index contributed by atoms with van der Waals surface area (Å²) >= 11 is 0. The maximum Gasteiger partial charge on any atom is 0.289 e. The normalized spacial score (nSPS) is 16.8. The van der Waals surface area contributed by atoms with Gasteiger partial charge >= 0.3 is 0 Å². The fraction of sp³-hybridized carbons (Fsp3) is 0.467. The van der Waals surface area contributed by atoms with Gasteiger partial charge in [-0.25, -0.2) is 4.98 Å². The van der Waals surface area contributed by atoms with E-state index in [9.17, 15) is 4.79 Å². The zero-order valence-corrected chi connectivity index (χ0v) is 11.4. The van der Waals surface area contributed by atoms with Crippen LogP contribution in [0.25, 0.3) is 11.0 Å². The minimum absolute atomic E-state index is 0.0244. The summed E-state index contributed by atoms with van der Waals surface area (Å²) in [6.07, 6.45) is 2.77. The van der Waals surface area contributed by atoms with Crippen molar-refractivity contribution in [2.75, 3.05) is 19.7 Å². The molecule has 0 radical (unpaired) electrons. The SMILES string of the molecule is O=C(c1nc2ccccc2[nH]1)N1CCC(CCO)CC1. The Morgan fingerprint density at radius 1 is 1.35 bits per heavy atom. The van der Waals surface area contributed by atoms with Gasteiger partial charge in [0.1, 0.15) is 0 Å². The molecule has 1 aliphatic rings. The van der Waals surface area contributed by atoms with Gasteiger partial charge in [0.25, 0.3) is 5.91 Å². The standard InChI is InChI=1S/C15H19N3O2/c19-10-7-11-5-8-18(9-6-11)15(20)14-16-12-3-1-2-4-13(12)17-14/h1-4,11,19H,5-10H2,(H,16,17). The number of aliphatic hydroxyl groups is 1. The van der Waals surface area contributed by atoms with Crippen molar-refractivity contribution in [1.29, 1.82) is 0 Å². The number of likely N-dealkylation sites (tertiary alicyclic amines) is 1. The van der Waals surface area contributed by atoms with Crippen molar-refractivity contribution in [1.82, 2.24) is 14.9 Å². The maximum absolute atomic E-state index is 12.4. The first-order chi connectivity index (χ1) is 9.78. The van der Waals surface area contributed by atoms with E-state index in [-0.39, 0.29) is 12.5 Å². The van der Waals surface area contributed by atoms with Crippen LogP contribution in [0.4, 0.5) is 0 Å². The number of fused-ring (bicyclic) bond motifs is 1. The predicted molar refractivity (Wildman–Crippen MR) is 76.4 cm³/mol. The van der Waals surface area contributed by atoms with Gasteiger partial charge in [0.2, 0.25) is 0 Å². The van der Waals surface area contributed by atoms with E-state index in [0.29, 0.717) is 11.7 Å².